The van der Waals surface area contributed by atoms with Gasteiger partial charge in [-0.25, -0.2) is 4.98 Å². The molecular weight excluding hydrogens is 408 g/mol. The fraction of sp³-hybridized carbons (Fsp3) is 0.522. The van der Waals surface area contributed by atoms with Gasteiger partial charge in [-0.3, -0.25) is 9.48 Å². The highest BCUT2D eigenvalue weighted by molar-refractivity contribution is 6.76. The van der Waals surface area contributed by atoms with Crippen molar-refractivity contribution in [1.82, 2.24) is 19.3 Å². The maximum Gasteiger partial charge on any atom is 0.308 e. The van der Waals surface area contributed by atoms with Crippen LogP contribution in [0.4, 0.5) is 0 Å². The van der Waals surface area contributed by atoms with Crippen LogP contribution in [0.15, 0.2) is 36.8 Å². The molecule has 3 heterocycles. The van der Waals surface area contributed by atoms with Gasteiger partial charge in [-0.05, 0) is 45.0 Å². The van der Waals surface area contributed by atoms with E-state index in [2.05, 4.69) is 46.4 Å². The third kappa shape index (κ3) is 5.83. The lowest BCUT2D eigenvalue weighted by Gasteiger charge is -2.24. The van der Waals surface area contributed by atoms with Crippen LogP contribution >= 0.6 is 0 Å². The number of fused-ring (bicyclic) bond motifs is 1. The summed E-state index contributed by atoms with van der Waals surface area (Å²) in [6, 6.07) is 7.23. The maximum atomic E-state index is 12.0. The Morgan fingerprint density at radius 3 is 2.74 bits per heavy atom. The monoisotopic (exact) mass is 442 g/mol. The first kappa shape index (κ1) is 23.2. The summed E-state index contributed by atoms with van der Waals surface area (Å²) in [4.78, 5) is 16.6. The van der Waals surface area contributed by atoms with Crippen molar-refractivity contribution in [2.45, 2.75) is 65.1 Å². The maximum absolute atomic E-state index is 12.0. The van der Waals surface area contributed by atoms with Crippen molar-refractivity contribution in [3.8, 4) is 11.3 Å². The quantitative estimate of drug-likeness (QED) is 0.254. The van der Waals surface area contributed by atoms with Crippen molar-refractivity contribution in [2.24, 2.45) is 0 Å². The van der Waals surface area contributed by atoms with Gasteiger partial charge in [0.1, 0.15) is 12.4 Å². The van der Waals surface area contributed by atoms with Gasteiger partial charge >= 0.3 is 5.97 Å². The smallest absolute Gasteiger partial charge is 0.308 e. The third-order valence-electron chi connectivity index (χ3n) is 5.25. The van der Waals surface area contributed by atoms with E-state index in [1.807, 2.05) is 43.9 Å². The minimum atomic E-state index is -1.15. The van der Waals surface area contributed by atoms with Gasteiger partial charge < -0.3 is 14.0 Å². The van der Waals surface area contributed by atoms with Crippen molar-refractivity contribution in [1.29, 1.82) is 0 Å². The Kier molecular flexibility index (Phi) is 7.01. The van der Waals surface area contributed by atoms with Crippen LogP contribution < -0.4 is 0 Å². The minimum Gasteiger partial charge on any atom is -0.466 e. The molecule has 0 amide bonds. The number of pyridine rings is 1. The summed E-state index contributed by atoms with van der Waals surface area (Å²) in [5, 5.41) is 5.62. The Balaban J connectivity index is 1.86. The molecule has 31 heavy (non-hydrogen) atoms. The van der Waals surface area contributed by atoms with Crippen LogP contribution in [0.1, 0.15) is 27.2 Å². The Hall–Kier alpha value is -2.45. The van der Waals surface area contributed by atoms with Crippen LogP contribution in [0.3, 0.4) is 0 Å². The standard InChI is InChI=1S/C23H34N4O3Si/c1-7-30-21(28)14-23(2,3)27-16-19(15-25-27)20-13-18-9-8-10-24-22(18)26(20)17-29-11-12-31(4,5)6/h8-10,13,15-16H,7,11-12,14,17H2,1-6H3. The average Bonchev–Trinajstić information content (AvgIpc) is 3.30. The first-order valence-corrected chi connectivity index (χ1v) is 14.5. The molecule has 0 fully saturated rings. The van der Waals surface area contributed by atoms with Crippen molar-refractivity contribution in [2.75, 3.05) is 13.2 Å². The molecule has 0 unspecified atom stereocenters. The number of carbonyl (C=O) groups excluding carboxylic acids is 1. The third-order valence-corrected chi connectivity index (χ3v) is 6.96. The topological polar surface area (TPSA) is 71.2 Å². The number of aromatic nitrogens is 4. The predicted molar refractivity (Wildman–Crippen MR) is 126 cm³/mol. The lowest BCUT2D eigenvalue weighted by molar-refractivity contribution is -0.145. The largest absolute Gasteiger partial charge is 0.466 e. The van der Waals surface area contributed by atoms with E-state index in [1.54, 1.807) is 6.20 Å². The molecule has 0 N–H and O–H groups in total. The molecule has 0 aliphatic heterocycles. The molecule has 0 radical (unpaired) electrons. The van der Waals surface area contributed by atoms with Crippen molar-refractivity contribution < 1.29 is 14.3 Å². The zero-order valence-electron chi connectivity index (χ0n) is 19.5. The Morgan fingerprint density at radius 2 is 2.03 bits per heavy atom. The van der Waals surface area contributed by atoms with Gasteiger partial charge in [0.2, 0.25) is 0 Å². The molecule has 168 valence electrons. The molecule has 0 saturated carbocycles. The molecule has 3 rings (SSSR count). The number of esters is 1. The van der Waals surface area contributed by atoms with Crippen LogP contribution in [0.2, 0.25) is 25.7 Å². The number of nitrogens with zero attached hydrogens (tertiary/aromatic N) is 4. The van der Waals surface area contributed by atoms with Crippen LogP contribution in [-0.4, -0.2) is 46.6 Å². The molecule has 7 nitrogen and oxygen atoms in total. The molecule has 0 bridgehead atoms. The van der Waals surface area contributed by atoms with E-state index in [1.165, 1.54) is 0 Å². The molecule has 0 saturated heterocycles. The van der Waals surface area contributed by atoms with E-state index < -0.39 is 13.6 Å². The molecule has 0 aliphatic carbocycles. The molecule has 8 heteroatoms. The Labute approximate surface area is 185 Å². The highest BCUT2D eigenvalue weighted by Crippen LogP contribution is 2.29. The van der Waals surface area contributed by atoms with E-state index in [9.17, 15) is 4.79 Å². The van der Waals surface area contributed by atoms with Crippen LogP contribution in [0, 0.1) is 0 Å². The number of rotatable bonds is 10. The molecule has 3 aromatic rings. The van der Waals surface area contributed by atoms with Gasteiger partial charge in [-0.1, -0.05) is 19.6 Å². The van der Waals surface area contributed by atoms with Gasteiger partial charge in [-0.2, -0.15) is 5.10 Å². The first-order valence-electron chi connectivity index (χ1n) is 10.8. The van der Waals surface area contributed by atoms with Crippen molar-refractivity contribution in [3.05, 3.63) is 36.8 Å². The van der Waals surface area contributed by atoms with Gasteiger partial charge in [0.15, 0.2) is 0 Å². The van der Waals surface area contributed by atoms with Crippen LogP contribution in [-0.2, 0) is 26.5 Å². The second-order valence-corrected chi connectivity index (χ2v) is 15.3. The number of hydrogen-bond acceptors (Lipinski definition) is 5. The molecule has 0 aromatic carbocycles. The van der Waals surface area contributed by atoms with E-state index in [0.717, 1.165) is 34.9 Å². The summed E-state index contributed by atoms with van der Waals surface area (Å²) in [5.74, 6) is -0.223. The van der Waals surface area contributed by atoms with Gasteiger partial charge in [0, 0.05) is 38.0 Å². The summed E-state index contributed by atoms with van der Waals surface area (Å²) in [7, 11) is -1.15. The highest BCUT2D eigenvalue weighted by atomic mass is 28.3. The molecule has 0 atom stereocenters. The predicted octanol–water partition coefficient (Wildman–Crippen LogP) is 4.90. The Bertz CT molecular complexity index is 1030. The second-order valence-electron chi connectivity index (χ2n) is 9.69. The van der Waals surface area contributed by atoms with E-state index in [-0.39, 0.29) is 12.4 Å². The summed E-state index contributed by atoms with van der Waals surface area (Å²) < 4.78 is 15.1. The number of ether oxygens (including phenoxy) is 2. The van der Waals surface area contributed by atoms with E-state index in [4.69, 9.17) is 9.47 Å². The SMILES string of the molecule is CCOC(=O)CC(C)(C)n1cc(-c2cc3cccnc3n2COCC[Si](C)(C)C)cn1. The normalized spacial score (nSPS) is 12.5. The fourth-order valence-electron chi connectivity index (χ4n) is 3.42. The zero-order valence-corrected chi connectivity index (χ0v) is 20.5. The second kappa shape index (κ2) is 9.36. The summed E-state index contributed by atoms with van der Waals surface area (Å²) in [5.41, 5.74) is 2.36. The Morgan fingerprint density at radius 1 is 1.26 bits per heavy atom. The molecule has 0 spiro atoms. The lowest BCUT2D eigenvalue weighted by atomic mass is 10.0. The van der Waals surface area contributed by atoms with E-state index >= 15 is 0 Å². The first-order chi connectivity index (χ1) is 14.6. The minimum absolute atomic E-state index is 0.223. The summed E-state index contributed by atoms with van der Waals surface area (Å²) in [6.45, 7) is 14.4. The van der Waals surface area contributed by atoms with Crippen LogP contribution in [0.5, 0.6) is 0 Å². The summed E-state index contributed by atoms with van der Waals surface area (Å²) >= 11 is 0. The zero-order chi connectivity index (χ0) is 22.6. The number of hydrogen-bond donors (Lipinski definition) is 0. The fourth-order valence-corrected chi connectivity index (χ4v) is 4.18. The highest BCUT2D eigenvalue weighted by Gasteiger charge is 2.26. The lowest BCUT2D eigenvalue weighted by Crippen LogP contribution is -2.30. The van der Waals surface area contributed by atoms with Crippen LogP contribution in [0.25, 0.3) is 22.3 Å². The molecule has 3 aromatic heterocycles. The van der Waals surface area contributed by atoms with Crippen molar-refractivity contribution >= 4 is 25.1 Å². The molecule has 0 aliphatic rings. The summed E-state index contributed by atoms with van der Waals surface area (Å²) in [6.07, 6.45) is 5.87. The molecular formula is C23H34N4O3Si. The van der Waals surface area contributed by atoms with Crippen molar-refractivity contribution in [3.63, 3.8) is 0 Å². The van der Waals surface area contributed by atoms with Gasteiger partial charge in [0.05, 0.1) is 30.5 Å². The van der Waals surface area contributed by atoms with Gasteiger partial charge in [0.25, 0.3) is 0 Å². The average molecular weight is 443 g/mol. The van der Waals surface area contributed by atoms with Gasteiger partial charge in [-0.15, -0.1) is 0 Å². The number of carbonyl (C=O) groups is 1. The van der Waals surface area contributed by atoms with E-state index in [0.29, 0.717) is 13.3 Å².